The minimum Gasteiger partial charge on any atom is -0.339 e. The van der Waals surface area contributed by atoms with Crippen LogP contribution in [0.15, 0.2) is 46.3 Å². The lowest BCUT2D eigenvalue weighted by atomic mass is 9.92. The summed E-state index contributed by atoms with van der Waals surface area (Å²) in [5.41, 5.74) is 3.18. The lowest BCUT2D eigenvalue weighted by Gasteiger charge is -2.12. The van der Waals surface area contributed by atoms with Crippen molar-refractivity contribution in [2.45, 2.75) is 39.7 Å². The Hall–Kier alpha value is -2.93. The van der Waals surface area contributed by atoms with Gasteiger partial charge in [-0.1, -0.05) is 44.1 Å². The summed E-state index contributed by atoms with van der Waals surface area (Å²) in [6.07, 6.45) is 0. The highest BCUT2D eigenvalue weighted by Crippen LogP contribution is 2.31. The topological polar surface area (TPSA) is 73.0 Å². The van der Waals surface area contributed by atoms with Gasteiger partial charge in [0.2, 0.25) is 5.88 Å². The first kappa shape index (κ1) is 18.4. The molecule has 1 amide bonds. The number of aromatic nitrogens is 3. The lowest BCUT2D eigenvalue weighted by molar-refractivity contribution is 0.102. The zero-order valence-electron chi connectivity index (χ0n) is 16.3. The summed E-state index contributed by atoms with van der Waals surface area (Å²) in [7, 11) is 0. The largest absolute Gasteiger partial charge is 0.339 e. The number of amides is 1. The molecule has 4 aromatic rings. The van der Waals surface area contributed by atoms with E-state index in [-0.39, 0.29) is 11.3 Å². The van der Waals surface area contributed by atoms with E-state index in [1.807, 2.05) is 32.9 Å². The number of thiazole rings is 1. The molecule has 0 radical (unpaired) electrons. The fraction of sp³-hybridized carbons (Fsp3) is 0.286. The van der Waals surface area contributed by atoms with Gasteiger partial charge in [0.15, 0.2) is 0 Å². The molecule has 0 aliphatic rings. The van der Waals surface area contributed by atoms with Crippen LogP contribution in [0.5, 0.6) is 0 Å². The molecule has 3 heterocycles. The summed E-state index contributed by atoms with van der Waals surface area (Å²) < 4.78 is 7.45. The Labute approximate surface area is 167 Å². The van der Waals surface area contributed by atoms with Crippen molar-refractivity contribution in [2.75, 3.05) is 5.32 Å². The summed E-state index contributed by atoms with van der Waals surface area (Å²) in [5, 5.41) is 10.5. The maximum atomic E-state index is 12.6. The average Bonchev–Trinajstić information content (AvgIpc) is 3.38. The van der Waals surface area contributed by atoms with Crippen LogP contribution in [-0.2, 0) is 12.0 Å². The van der Waals surface area contributed by atoms with Crippen LogP contribution in [0.4, 0.5) is 5.88 Å². The van der Waals surface area contributed by atoms with Crippen molar-refractivity contribution in [3.63, 3.8) is 0 Å². The summed E-state index contributed by atoms with van der Waals surface area (Å²) in [6.45, 7) is 9.05. The Kier molecular flexibility index (Phi) is 4.55. The highest BCUT2D eigenvalue weighted by atomic mass is 32.1. The van der Waals surface area contributed by atoms with Crippen LogP contribution >= 0.6 is 11.3 Å². The number of aryl methyl sites for hydroxylation is 1. The normalized spacial score (nSPS) is 11.9. The van der Waals surface area contributed by atoms with Crippen LogP contribution in [0, 0.1) is 0 Å². The first-order chi connectivity index (χ1) is 13.4. The molecular weight excluding hydrogens is 372 g/mol. The van der Waals surface area contributed by atoms with E-state index >= 15 is 0 Å². The van der Waals surface area contributed by atoms with E-state index in [1.165, 1.54) is 11.3 Å². The fourth-order valence-electron chi connectivity index (χ4n) is 3.09. The molecular formula is C21H22N4O2S. The van der Waals surface area contributed by atoms with Crippen LogP contribution in [0.3, 0.4) is 0 Å². The smallest absolute Gasteiger partial charge is 0.277 e. The number of anilines is 1. The van der Waals surface area contributed by atoms with Crippen LogP contribution < -0.4 is 5.32 Å². The Morgan fingerprint density at radius 3 is 2.75 bits per heavy atom. The average molecular weight is 395 g/mol. The van der Waals surface area contributed by atoms with Crippen molar-refractivity contribution in [3.8, 4) is 10.7 Å². The van der Waals surface area contributed by atoms with Gasteiger partial charge in [0.25, 0.3) is 5.91 Å². The number of hydrogen-bond donors (Lipinski definition) is 1. The number of hydrogen-bond acceptors (Lipinski definition) is 5. The number of nitrogens with zero attached hydrogens (tertiary/aromatic N) is 3. The van der Waals surface area contributed by atoms with Crippen LogP contribution in [0.25, 0.3) is 21.6 Å². The maximum absolute atomic E-state index is 12.6. The molecule has 0 unspecified atom stereocenters. The molecule has 28 heavy (non-hydrogen) atoms. The first-order valence-electron chi connectivity index (χ1n) is 9.19. The van der Waals surface area contributed by atoms with E-state index in [0.717, 1.165) is 33.8 Å². The minimum absolute atomic E-state index is 0.145. The van der Waals surface area contributed by atoms with Gasteiger partial charge in [0.05, 0.1) is 11.4 Å². The molecule has 1 aromatic carbocycles. The van der Waals surface area contributed by atoms with Gasteiger partial charge in [-0.25, -0.2) is 4.98 Å². The number of rotatable bonds is 4. The molecule has 0 saturated heterocycles. The van der Waals surface area contributed by atoms with Gasteiger partial charge in [0, 0.05) is 34.3 Å². The Bertz CT molecular complexity index is 1150. The third kappa shape index (κ3) is 3.33. The number of para-hydroxylation sites is 1. The van der Waals surface area contributed by atoms with Crippen molar-refractivity contribution >= 4 is 34.0 Å². The van der Waals surface area contributed by atoms with E-state index in [9.17, 15) is 4.79 Å². The Balaban J connectivity index is 1.59. The molecule has 0 aliphatic carbocycles. The molecule has 4 rings (SSSR count). The molecule has 3 aromatic heterocycles. The van der Waals surface area contributed by atoms with E-state index in [2.05, 4.69) is 45.1 Å². The van der Waals surface area contributed by atoms with E-state index in [4.69, 9.17) is 4.52 Å². The van der Waals surface area contributed by atoms with Gasteiger partial charge < -0.3 is 9.09 Å². The second-order valence-electron chi connectivity index (χ2n) is 7.65. The van der Waals surface area contributed by atoms with Gasteiger partial charge in [0.1, 0.15) is 10.7 Å². The van der Waals surface area contributed by atoms with Crippen LogP contribution in [0.2, 0.25) is 0 Å². The molecule has 7 heteroatoms. The number of fused-ring (bicyclic) bond motifs is 1. The monoisotopic (exact) mass is 394 g/mol. The molecule has 0 saturated carbocycles. The number of benzene rings is 1. The van der Waals surface area contributed by atoms with Crippen molar-refractivity contribution in [2.24, 2.45) is 0 Å². The van der Waals surface area contributed by atoms with Crippen LogP contribution in [-0.4, -0.2) is 20.6 Å². The minimum atomic E-state index is -0.307. The van der Waals surface area contributed by atoms with E-state index < -0.39 is 0 Å². The third-order valence-corrected chi connectivity index (χ3v) is 5.46. The molecule has 0 fully saturated rings. The highest BCUT2D eigenvalue weighted by Gasteiger charge is 2.21. The zero-order valence-corrected chi connectivity index (χ0v) is 17.1. The van der Waals surface area contributed by atoms with E-state index in [1.54, 1.807) is 11.4 Å². The highest BCUT2D eigenvalue weighted by molar-refractivity contribution is 7.13. The first-order valence-corrected chi connectivity index (χ1v) is 10.1. The van der Waals surface area contributed by atoms with Gasteiger partial charge in [-0.3, -0.25) is 10.1 Å². The summed E-state index contributed by atoms with van der Waals surface area (Å²) in [6, 6.07) is 12.1. The van der Waals surface area contributed by atoms with Gasteiger partial charge in [-0.15, -0.1) is 11.3 Å². The Morgan fingerprint density at radius 2 is 2.04 bits per heavy atom. The van der Waals surface area contributed by atoms with Crippen molar-refractivity contribution in [3.05, 3.63) is 53.2 Å². The van der Waals surface area contributed by atoms with Gasteiger partial charge in [-0.2, -0.15) is 0 Å². The van der Waals surface area contributed by atoms with Gasteiger partial charge >= 0.3 is 0 Å². The predicted molar refractivity (Wildman–Crippen MR) is 112 cm³/mol. The second kappa shape index (κ2) is 6.91. The van der Waals surface area contributed by atoms with Crippen molar-refractivity contribution in [1.82, 2.24) is 14.7 Å². The summed E-state index contributed by atoms with van der Waals surface area (Å²) in [4.78, 5) is 17.1. The SMILES string of the molecule is CCn1c(-c2nc(C(=O)Nc3cc(C(C)(C)C)no3)cs2)cc2ccccc21. The predicted octanol–water partition coefficient (Wildman–Crippen LogP) is 5.32. The standard InChI is InChI=1S/C21H22N4O2S/c1-5-25-15-9-7-6-8-13(15)10-16(25)20-22-14(12-28-20)19(26)23-18-11-17(24-27-18)21(2,3)4/h6-12H,5H2,1-4H3,(H,23,26). The number of carbonyl (C=O) groups is 1. The molecule has 0 bridgehead atoms. The quantitative estimate of drug-likeness (QED) is 0.508. The summed E-state index contributed by atoms with van der Waals surface area (Å²) in [5.74, 6) is 0.0189. The van der Waals surface area contributed by atoms with Crippen molar-refractivity contribution < 1.29 is 9.32 Å². The van der Waals surface area contributed by atoms with Crippen molar-refractivity contribution in [1.29, 1.82) is 0 Å². The fourth-order valence-corrected chi connectivity index (χ4v) is 3.91. The Morgan fingerprint density at radius 1 is 1.25 bits per heavy atom. The molecule has 6 nitrogen and oxygen atoms in total. The third-order valence-electron chi connectivity index (χ3n) is 4.60. The zero-order chi connectivity index (χ0) is 19.9. The lowest BCUT2D eigenvalue weighted by Crippen LogP contribution is -2.12. The molecule has 144 valence electrons. The van der Waals surface area contributed by atoms with Gasteiger partial charge in [-0.05, 0) is 19.1 Å². The maximum Gasteiger partial charge on any atom is 0.277 e. The molecule has 1 N–H and O–H groups in total. The molecule has 0 aliphatic heterocycles. The van der Waals surface area contributed by atoms with Crippen LogP contribution in [0.1, 0.15) is 43.9 Å². The second-order valence-corrected chi connectivity index (χ2v) is 8.51. The summed E-state index contributed by atoms with van der Waals surface area (Å²) >= 11 is 1.46. The van der Waals surface area contributed by atoms with E-state index in [0.29, 0.717) is 11.6 Å². The molecule has 0 atom stereocenters. The number of carbonyl (C=O) groups excluding carboxylic acids is 1. The molecule has 0 spiro atoms. The number of nitrogens with one attached hydrogen (secondary N) is 1.